The van der Waals surface area contributed by atoms with E-state index in [1.807, 2.05) is 32.9 Å². The summed E-state index contributed by atoms with van der Waals surface area (Å²) in [5.41, 5.74) is 2.72. The van der Waals surface area contributed by atoms with E-state index in [4.69, 9.17) is 0 Å². The Morgan fingerprint density at radius 1 is 1.16 bits per heavy atom. The molecule has 2 heterocycles. The Bertz CT molecular complexity index is 761. The van der Waals surface area contributed by atoms with Gasteiger partial charge in [-0.05, 0) is 44.5 Å². The molecular weight excluding hydrogens is 338 g/mol. The second-order valence-electron chi connectivity index (χ2n) is 5.74. The van der Waals surface area contributed by atoms with E-state index in [1.165, 1.54) is 16.7 Å². The first kappa shape index (κ1) is 18.9. The predicted octanol–water partition coefficient (Wildman–Crippen LogP) is 1.99. The normalized spacial score (nSPS) is 10.4. The quantitative estimate of drug-likeness (QED) is 0.627. The summed E-state index contributed by atoms with van der Waals surface area (Å²) in [7, 11) is 1.59. The van der Waals surface area contributed by atoms with Crippen molar-refractivity contribution in [2.75, 3.05) is 24.7 Å². The highest BCUT2D eigenvalue weighted by Gasteiger charge is 2.14. The first-order chi connectivity index (χ1) is 11.8. The van der Waals surface area contributed by atoms with Gasteiger partial charge in [0.15, 0.2) is 5.16 Å². The number of aromatic nitrogens is 3. The maximum atomic E-state index is 12.2. The summed E-state index contributed by atoms with van der Waals surface area (Å²) >= 11 is 1.26. The zero-order valence-electron chi connectivity index (χ0n) is 14.7. The van der Waals surface area contributed by atoms with Crippen LogP contribution in [0.15, 0.2) is 29.6 Å². The second-order valence-corrected chi connectivity index (χ2v) is 6.68. The lowest BCUT2D eigenvalue weighted by atomic mass is 10.3. The molecule has 8 heteroatoms. The van der Waals surface area contributed by atoms with Crippen LogP contribution in [-0.4, -0.2) is 51.0 Å². The van der Waals surface area contributed by atoms with Gasteiger partial charge >= 0.3 is 0 Å². The topological polar surface area (TPSA) is 88.1 Å². The minimum Gasteiger partial charge on any atom is -0.336 e. The maximum Gasteiger partial charge on any atom is 0.245 e. The minimum absolute atomic E-state index is 0.0390. The Kier molecular flexibility index (Phi) is 6.46. The molecule has 0 aromatic carbocycles. The average Bonchev–Trinajstić information content (AvgIpc) is 2.51. The number of hydrogen-bond acceptors (Lipinski definition) is 6. The number of anilines is 1. The van der Waals surface area contributed by atoms with Crippen LogP contribution < -0.4 is 5.32 Å². The summed E-state index contributed by atoms with van der Waals surface area (Å²) in [6.45, 7) is 5.65. The van der Waals surface area contributed by atoms with Gasteiger partial charge in [-0.3, -0.25) is 9.59 Å². The molecule has 2 amide bonds. The number of pyridine rings is 1. The van der Waals surface area contributed by atoms with Gasteiger partial charge in [0.05, 0.1) is 12.3 Å². The fourth-order valence-electron chi connectivity index (χ4n) is 2.09. The van der Waals surface area contributed by atoms with Gasteiger partial charge in [-0.25, -0.2) is 15.0 Å². The largest absolute Gasteiger partial charge is 0.336 e. The smallest absolute Gasteiger partial charge is 0.245 e. The van der Waals surface area contributed by atoms with Crippen LogP contribution in [0.3, 0.4) is 0 Å². The van der Waals surface area contributed by atoms with E-state index >= 15 is 0 Å². The third kappa shape index (κ3) is 6.15. The van der Waals surface area contributed by atoms with Gasteiger partial charge in [0.2, 0.25) is 11.8 Å². The van der Waals surface area contributed by atoms with Crippen LogP contribution in [0.5, 0.6) is 0 Å². The number of amides is 2. The predicted molar refractivity (Wildman–Crippen MR) is 97.5 cm³/mol. The number of aryl methyl sites for hydroxylation is 3. The molecule has 0 fully saturated rings. The molecule has 0 aliphatic heterocycles. The van der Waals surface area contributed by atoms with Crippen molar-refractivity contribution < 1.29 is 9.59 Å². The lowest BCUT2D eigenvalue weighted by Gasteiger charge is -2.16. The highest BCUT2D eigenvalue weighted by atomic mass is 32.2. The lowest BCUT2D eigenvalue weighted by molar-refractivity contribution is -0.131. The zero-order chi connectivity index (χ0) is 18.4. The summed E-state index contributed by atoms with van der Waals surface area (Å²) in [6.07, 6.45) is 1.63. The molecule has 0 aliphatic carbocycles. The molecule has 0 bridgehead atoms. The van der Waals surface area contributed by atoms with E-state index in [0.717, 1.165) is 17.0 Å². The van der Waals surface area contributed by atoms with E-state index in [0.29, 0.717) is 11.0 Å². The minimum atomic E-state index is -0.290. The zero-order valence-corrected chi connectivity index (χ0v) is 15.6. The van der Waals surface area contributed by atoms with Gasteiger partial charge < -0.3 is 10.2 Å². The maximum absolute atomic E-state index is 12.2. The van der Waals surface area contributed by atoms with Crippen molar-refractivity contribution >= 4 is 29.4 Å². The number of nitrogens with zero attached hydrogens (tertiary/aromatic N) is 4. The van der Waals surface area contributed by atoms with Gasteiger partial charge in [-0.15, -0.1) is 0 Å². The standard InChI is InChI=1S/C17H21N5O2S/c1-11-5-6-18-14(7-11)21-15(23)9-22(4)16(24)10-25-17-19-12(2)8-13(3)20-17/h5-8H,9-10H2,1-4H3,(H,18,21,23). The van der Waals surface area contributed by atoms with E-state index in [2.05, 4.69) is 20.3 Å². The van der Waals surface area contributed by atoms with Gasteiger partial charge in [-0.2, -0.15) is 0 Å². The van der Waals surface area contributed by atoms with Crippen LogP contribution in [0, 0.1) is 20.8 Å². The SMILES string of the molecule is Cc1ccnc(NC(=O)CN(C)C(=O)CSc2nc(C)cc(C)n2)c1. The molecule has 7 nitrogen and oxygen atoms in total. The Balaban J connectivity index is 1.84. The number of carbonyl (C=O) groups is 2. The number of nitrogens with one attached hydrogen (secondary N) is 1. The summed E-state index contributed by atoms with van der Waals surface area (Å²) < 4.78 is 0. The third-order valence-corrected chi connectivity index (χ3v) is 4.11. The van der Waals surface area contributed by atoms with Crippen molar-refractivity contribution in [2.45, 2.75) is 25.9 Å². The van der Waals surface area contributed by atoms with E-state index in [9.17, 15) is 9.59 Å². The fourth-order valence-corrected chi connectivity index (χ4v) is 2.98. The number of likely N-dealkylation sites (N-methyl/N-ethyl adjacent to an activating group) is 1. The molecule has 0 radical (unpaired) electrons. The van der Waals surface area contributed by atoms with Crippen LogP contribution in [0.4, 0.5) is 5.82 Å². The number of rotatable bonds is 6. The molecule has 0 spiro atoms. The van der Waals surface area contributed by atoms with Crippen LogP contribution in [-0.2, 0) is 9.59 Å². The van der Waals surface area contributed by atoms with Crippen LogP contribution in [0.25, 0.3) is 0 Å². The molecule has 2 aromatic rings. The molecular formula is C17H21N5O2S. The summed E-state index contributed by atoms with van der Waals surface area (Å²) in [4.78, 5) is 38.2. The van der Waals surface area contributed by atoms with E-state index in [1.54, 1.807) is 19.3 Å². The Hall–Kier alpha value is -2.48. The van der Waals surface area contributed by atoms with Crippen molar-refractivity contribution in [1.29, 1.82) is 0 Å². The molecule has 0 atom stereocenters. The Labute approximate surface area is 151 Å². The van der Waals surface area contributed by atoms with Gasteiger partial charge in [0, 0.05) is 24.6 Å². The van der Waals surface area contributed by atoms with Crippen molar-refractivity contribution in [2.24, 2.45) is 0 Å². The van der Waals surface area contributed by atoms with E-state index in [-0.39, 0.29) is 24.1 Å². The lowest BCUT2D eigenvalue weighted by Crippen LogP contribution is -2.36. The summed E-state index contributed by atoms with van der Waals surface area (Å²) in [5.74, 6) is 0.195. The number of carbonyl (C=O) groups excluding carboxylic acids is 2. The molecule has 0 saturated carbocycles. The van der Waals surface area contributed by atoms with Crippen molar-refractivity contribution in [1.82, 2.24) is 19.9 Å². The number of thioether (sulfide) groups is 1. The van der Waals surface area contributed by atoms with Crippen LogP contribution >= 0.6 is 11.8 Å². The molecule has 2 aromatic heterocycles. The Morgan fingerprint density at radius 3 is 2.48 bits per heavy atom. The second kappa shape index (κ2) is 8.57. The van der Waals surface area contributed by atoms with Crippen molar-refractivity contribution in [3.05, 3.63) is 41.3 Å². The first-order valence-electron chi connectivity index (χ1n) is 7.75. The third-order valence-electron chi connectivity index (χ3n) is 3.28. The van der Waals surface area contributed by atoms with Crippen molar-refractivity contribution in [3.8, 4) is 0 Å². The van der Waals surface area contributed by atoms with Gasteiger partial charge in [-0.1, -0.05) is 11.8 Å². The van der Waals surface area contributed by atoms with Gasteiger partial charge in [0.25, 0.3) is 0 Å². The van der Waals surface area contributed by atoms with Crippen molar-refractivity contribution in [3.63, 3.8) is 0 Å². The molecule has 0 unspecified atom stereocenters. The Morgan fingerprint density at radius 2 is 1.84 bits per heavy atom. The summed E-state index contributed by atoms with van der Waals surface area (Å²) in [6, 6.07) is 5.49. The van der Waals surface area contributed by atoms with Gasteiger partial charge in [0.1, 0.15) is 5.82 Å². The monoisotopic (exact) mass is 359 g/mol. The van der Waals surface area contributed by atoms with Crippen LogP contribution in [0.2, 0.25) is 0 Å². The molecule has 0 saturated heterocycles. The molecule has 25 heavy (non-hydrogen) atoms. The first-order valence-corrected chi connectivity index (χ1v) is 8.73. The highest BCUT2D eigenvalue weighted by molar-refractivity contribution is 7.99. The van der Waals surface area contributed by atoms with Crippen LogP contribution in [0.1, 0.15) is 17.0 Å². The molecule has 0 aliphatic rings. The highest BCUT2D eigenvalue weighted by Crippen LogP contribution is 2.14. The summed E-state index contributed by atoms with van der Waals surface area (Å²) in [5, 5.41) is 3.24. The fraction of sp³-hybridized carbons (Fsp3) is 0.353. The molecule has 2 rings (SSSR count). The molecule has 1 N–H and O–H groups in total. The number of hydrogen-bond donors (Lipinski definition) is 1. The average molecular weight is 359 g/mol. The molecule has 132 valence electrons. The van der Waals surface area contributed by atoms with E-state index < -0.39 is 0 Å².